The van der Waals surface area contributed by atoms with Gasteiger partial charge in [-0.3, -0.25) is 10.1 Å². The molecule has 0 saturated heterocycles. The summed E-state index contributed by atoms with van der Waals surface area (Å²) in [5, 5.41) is 1.97. The van der Waals surface area contributed by atoms with Gasteiger partial charge in [0.1, 0.15) is 5.03 Å². The van der Waals surface area contributed by atoms with Crippen molar-refractivity contribution in [3.05, 3.63) is 58.7 Å². The van der Waals surface area contributed by atoms with Gasteiger partial charge >= 0.3 is 12.2 Å². The van der Waals surface area contributed by atoms with E-state index in [4.69, 9.17) is 11.6 Å². The predicted octanol–water partition coefficient (Wildman–Crippen LogP) is 3.76. The first-order chi connectivity index (χ1) is 12.0. The number of amides is 3. The molecule has 0 spiro atoms. The van der Waals surface area contributed by atoms with Gasteiger partial charge in [-0.25, -0.2) is 14.0 Å². The second-order valence-electron chi connectivity index (χ2n) is 5.04. The molecular formula is C15H11ClF3N3O3S. The van der Waals surface area contributed by atoms with Crippen LogP contribution in [0.25, 0.3) is 0 Å². The molecule has 0 fully saturated rings. The zero-order valence-electron chi connectivity index (χ0n) is 13.1. The van der Waals surface area contributed by atoms with Crippen LogP contribution in [0.4, 0.5) is 18.0 Å². The van der Waals surface area contributed by atoms with Gasteiger partial charge in [-0.2, -0.15) is 13.2 Å². The van der Waals surface area contributed by atoms with Gasteiger partial charge in [0.25, 0.3) is 5.91 Å². The summed E-state index contributed by atoms with van der Waals surface area (Å²) in [6.45, 7) is 0. The van der Waals surface area contributed by atoms with Crippen LogP contribution in [0, 0.1) is 0 Å². The molecule has 1 aromatic carbocycles. The van der Waals surface area contributed by atoms with E-state index in [1.165, 1.54) is 24.3 Å². The van der Waals surface area contributed by atoms with Gasteiger partial charge in [0.15, 0.2) is 0 Å². The number of pyridine rings is 1. The summed E-state index contributed by atoms with van der Waals surface area (Å²) in [6.07, 6.45) is -3.08. The molecular weight excluding hydrogens is 395 g/mol. The van der Waals surface area contributed by atoms with Crippen molar-refractivity contribution in [3.8, 4) is 0 Å². The summed E-state index contributed by atoms with van der Waals surface area (Å²) >= 11 is 5.68. The molecule has 0 radical (unpaired) electrons. The highest BCUT2D eigenvalue weighted by atomic mass is 35.5. The van der Waals surface area contributed by atoms with Crippen molar-refractivity contribution in [2.45, 2.75) is 11.2 Å². The molecule has 26 heavy (non-hydrogen) atoms. The lowest BCUT2D eigenvalue weighted by Crippen LogP contribution is -2.28. The third kappa shape index (κ3) is 5.02. The number of carbonyl (C=O) groups excluding carboxylic acids is 2. The van der Waals surface area contributed by atoms with Gasteiger partial charge in [0.2, 0.25) is 0 Å². The van der Waals surface area contributed by atoms with Gasteiger partial charge in [-0.05, 0) is 36.4 Å². The van der Waals surface area contributed by atoms with Crippen LogP contribution in [0.3, 0.4) is 0 Å². The lowest BCUT2D eigenvalue weighted by atomic mass is 10.2. The highest BCUT2D eigenvalue weighted by molar-refractivity contribution is 7.93. The Hall–Kier alpha value is -2.46. The average Bonchev–Trinajstić information content (AvgIpc) is 2.54. The van der Waals surface area contributed by atoms with Gasteiger partial charge in [-0.15, -0.1) is 4.36 Å². The molecule has 0 bridgehead atoms. The second kappa shape index (κ2) is 7.42. The van der Waals surface area contributed by atoms with E-state index < -0.39 is 33.4 Å². The Kier molecular flexibility index (Phi) is 5.67. The van der Waals surface area contributed by atoms with Crippen LogP contribution in [0.15, 0.2) is 52.0 Å². The molecule has 1 atom stereocenters. The van der Waals surface area contributed by atoms with Gasteiger partial charge in [0.05, 0.1) is 15.3 Å². The fraction of sp³-hybridized carbons (Fsp3) is 0.133. The molecule has 0 unspecified atom stereocenters. The Bertz CT molecular complexity index is 951. The third-order valence-electron chi connectivity index (χ3n) is 3.04. The number of hydrogen-bond donors (Lipinski definition) is 1. The Balaban J connectivity index is 2.18. The van der Waals surface area contributed by atoms with Crippen molar-refractivity contribution in [1.29, 1.82) is 0 Å². The first-order valence-corrected chi connectivity index (χ1v) is 9.15. The van der Waals surface area contributed by atoms with E-state index in [1.54, 1.807) is 0 Å². The quantitative estimate of drug-likeness (QED) is 0.823. The Morgan fingerprint density at radius 3 is 2.27 bits per heavy atom. The number of hydrogen-bond acceptors (Lipinski definition) is 4. The van der Waals surface area contributed by atoms with E-state index in [0.717, 1.165) is 12.3 Å². The van der Waals surface area contributed by atoms with E-state index in [9.17, 15) is 27.0 Å². The van der Waals surface area contributed by atoms with Crippen molar-refractivity contribution in [1.82, 2.24) is 10.3 Å². The smallest absolute Gasteiger partial charge is 0.272 e. The molecule has 0 saturated carbocycles. The van der Waals surface area contributed by atoms with Crippen LogP contribution in [0.2, 0.25) is 5.02 Å². The maximum Gasteiger partial charge on any atom is 0.417 e. The monoisotopic (exact) mass is 405 g/mol. The zero-order chi connectivity index (χ0) is 19.5. The number of carbonyl (C=O) groups is 2. The zero-order valence-corrected chi connectivity index (χ0v) is 14.7. The molecule has 1 N–H and O–H groups in total. The van der Waals surface area contributed by atoms with Gasteiger partial charge in [-0.1, -0.05) is 11.6 Å². The maximum atomic E-state index is 12.5. The number of benzene rings is 1. The molecule has 2 rings (SSSR count). The highest BCUT2D eigenvalue weighted by Gasteiger charge is 2.31. The van der Waals surface area contributed by atoms with Crippen molar-refractivity contribution in [3.63, 3.8) is 0 Å². The topological polar surface area (TPSA) is 88.5 Å². The minimum atomic E-state index is -4.60. The normalized spacial score (nSPS) is 13.6. The SMILES string of the molecule is C[S@@](=O)(=NC(=O)NC(=O)c1ccc(Cl)cc1)c1ccc(C(F)(F)F)cn1. The molecule has 2 aromatic rings. The van der Waals surface area contributed by atoms with Crippen LogP contribution >= 0.6 is 11.6 Å². The minimum Gasteiger partial charge on any atom is -0.272 e. The number of nitrogens with one attached hydrogen (secondary N) is 1. The highest BCUT2D eigenvalue weighted by Crippen LogP contribution is 2.28. The van der Waals surface area contributed by atoms with E-state index in [0.29, 0.717) is 17.3 Å². The maximum absolute atomic E-state index is 12.5. The molecule has 11 heteroatoms. The Morgan fingerprint density at radius 1 is 1.15 bits per heavy atom. The van der Waals surface area contributed by atoms with Crippen molar-refractivity contribution < 1.29 is 27.0 Å². The van der Waals surface area contributed by atoms with E-state index >= 15 is 0 Å². The number of urea groups is 1. The summed E-state index contributed by atoms with van der Waals surface area (Å²) < 4.78 is 53.3. The molecule has 0 aliphatic rings. The predicted molar refractivity (Wildman–Crippen MR) is 88.3 cm³/mol. The lowest BCUT2D eigenvalue weighted by molar-refractivity contribution is -0.137. The second-order valence-corrected chi connectivity index (χ2v) is 7.69. The van der Waals surface area contributed by atoms with Gasteiger partial charge in [0, 0.05) is 23.0 Å². The summed E-state index contributed by atoms with van der Waals surface area (Å²) in [7, 11) is -3.45. The van der Waals surface area contributed by atoms with Crippen molar-refractivity contribution in [2.24, 2.45) is 4.36 Å². The fourth-order valence-electron chi connectivity index (χ4n) is 1.77. The molecule has 1 heterocycles. The summed E-state index contributed by atoms with van der Waals surface area (Å²) in [5.74, 6) is -0.800. The van der Waals surface area contributed by atoms with E-state index in [1.807, 2.05) is 5.32 Å². The van der Waals surface area contributed by atoms with Crippen LogP contribution in [0.1, 0.15) is 15.9 Å². The van der Waals surface area contributed by atoms with Crippen LogP contribution in [0.5, 0.6) is 0 Å². The summed E-state index contributed by atoms with van der Waals surface area (Å²) in [6, 6.07) is 5.94. The number of aromatic nitrogens is 1. The number of nitrogens with zero attached hydrogens (tertiary/aromatic N) is 2. The molecule has 1 aromatic heterocycles. The van der Waals surface area contributed by atoms with Crippen LogP contribution in [-0.2, 0) is 15.9 Å². The number of imide groups is 1. The summed E-state index contributed by atoms with van der Waals surface area (Å²) in [5.41, 5.74) is -0.910. The number of halogens is 4. The molecule has 6 nitrogen and oxygen atoms in total. The van der Waals surface area contributed by atoms with E-state index in [2.05, 4.69) is 9.35 Å². The van der Waals surface area contributed by atoms with Crippen molar-refractivity contribution >= 4 is 33.3 Å². The first kappa shape index (κ1) is 19.9. The van der Waals surface area contributed by atoms with E-state index in [-0.39, 0.29) is 10.6 Å². The number of alkyl halides is 3. The fourth-order valence-corrected chi connectivity index (χ4v) is 2.92. The average molecular weight is 406 g/mol. The standard InChI is InChI=1S/C15H11ClF3N3O3S/c1-26(25,12-7-4-10(8-20-12)15(17,18)19)22-14(24)21-13(23)9-2-5-11(16)6-3-9/h2-8H,1H3,(H,21,23,24)/t26-/m0/s1. The van der Waals surface area contributed by atoms with Gasteiger partial charge < -0.3 is 0 Å². The largest absolute Gasteiger partial charge is 0.417 e. The number of rotatable bonds is 2. The summed E-state index contributed by atoms with van der Waals surface area (Å²) in [4.78, 5) is 27.1. The van der Waals surface area contributed by atoms with Crippen molar-refractivity contribution in [2.75, 3.05) is 6.26 Å². The van der Waals surface area contributed by atoms with Crippen LogP contribution in [-0.4, -0.2) is 27.4 Å². The molecule has 3 amide bonds. The molecule has 0 aliphatic heterocycles. The van der Waals surface area contributed by atoms with Crippen LogP contribution < -0.4 is 5.32 Å². The Labute approximate surface area is 151 Å². The lowest BCUT2D eigenvalue weighted by Gasteiger charge is -2.08. The Morgan fingerprint density at radius 2 is 1.77 bits per heavy atom. The first-order valence-electron chi connectivity index (χ1n) is 6.85. The molecule has 0 aliphatic carbocycles. The minimum absolute atomic E-state index is 0.119. The molecule has 138 valence electrons. The third-order valence-corrected chi connectivity index (χ3v) is 4.82.